The summed E-state index contributed by atoms with van der Waals surface area (Å²) in [5.41, 5.74) is 7.43. The zero-order valence-corrected chi connectivity index (χ0v) is 13.0. The molecule has 20 heavy (non-hydrogen) atoms. The molecule has 0 spiro atoms. The number of para-hydroxylation sites is 1. The number of hydrogen-bond acceptors (Lipinski definition) is 5. The van der Waals surface area contributed by atoms with Gasteiger partial charge in [-0.15, -0.1) is 11.3 Å². The predicted octanol–water partition coefficient (Wildman–Crippen LogP) is 3.86. The molecule has 0 aliphatic heterocycles. The van der Waals surface area contributed by atoms with E-state index < -0.39 is 0 Å². The summed E-state index contributed by atoms with van der Waals surface area (Å²) < 4.78 is 5.65. The normalized spacial score (nSPS) is 11.3. The molecule has 3 N–H and O–H groups in total. The third-order valence-electron chi connectivity index (χ3n) is 2.94. The molecule has 0 radical (unpaired) electrons. The van der Waals surface area contributed by atoms with Gasteiger partial charge in [-0.25, -0.2) is 4.98 Å². The van der Waals surface area contributed by atoms with Crippen molar-refractivity contribution in [1.82, 2.24) is 4.98 Å². The first-order chi connectivity index (χ1) is 9.54. The van der Waals surface area contributed by atoms with Gasteiger partial charge in [0.05, 0.1) is 23.5 Å². The number of aromatic nitrogens is 1. The Labute approximate surface area is 124 Å². The van der Waals surface area contributed by atoms with Crippen LogP contribution in [0.1, 0.15) is 32.2 Å². The largest absolute Gasteiger partial charge is 0.491 e. The molecule has 108 valence electrons. The molecule has 2 aromatic rings. The van der Waals surface area contributed by atoms with Crippen LogP contribution in [0.2, 0.25) is 0 Å². The minimum atomic E-state index is -0.272. The Bertz CT molecular complexity index is 552. The Morgan fingerprint density at radius 2 is 2.20 bits per heavy atom. The Kier molecular flexibility index (Phi) is 4.49. The Morgan fingerprint density at radius 3 is 2.85 bits per heavy atom. The molecule has 1 aromatic heterocycles. The van der Waals surface area contributed by atoms with Gasteiger partial charge in [0.25, 0.3) is 0 Å². The molecule has 2 rings (SSSR count). The predicted molar refractivity (Wildman–Crippen MR) is 85.4 cm³/mol. The highest BCUT2D eigenvalue weighted by atomic mass is 32.1. The van der Waals surface area contributed by atoms with Crippen LogP contribution in [-0.4, -0.2) is 11.6 Å². The number of nitrogens with zero attached hydrogens (tertiary/aromatic N) is 1. The molecule has 1 aromatic carbocycles. The van der Waals surface area contributed by atoms with Crippen LogP contribution in [-0.2, 0) is 5.54 Å². The van der Waals surface area contributed by atoms with Crippen molar-refractivity contribution in [3.8, 4) is 5.75 Å². The summed E-state index contributed by atoms with van der Waals surface area (Å²) in [7, 11) is 0. The number of nitrogens with two attached hydrogens (primary N) is 1. The summed E-state index contributed by atoms with van der Waals surface area (Å²) in [5.74, 6) is 0.729. The minimum Gasteiger partial charge on any atom is -0.491 e. The molecule has 4 nitrogen and oxygen atoms in total. The molecule has 0 fully saturated rings. The average molecular weight is 291 g/mol. The molecule has 0 amide bonds. The summed E-state index contributed by atoms with van der Waals surface area (Å²) in [6.45, 7) is 6.92. The molecular formula is C15H21N3OS. The summed E-state index contributed by atoms with van der Waals surface area (Å²) in [6, 6.07) is 5.80. The van der Waals surface area contributed by atoms with Crippen molar-refractivity contribution in [3.63, 3.8) is 0 Å². The number of anilines is 2. The SMILES string of the molecule is CCCOc1cccc(NC(C)(C)c2nccs2)c1N. The van der Waals surface area contributed by atoms with Crippen molar-refractivity contribution in [3.05, 3.63) is 34.8 Å². The smallest absolute Gasteiger partial charge is 0.144 e. The highest BCUT2D eigenvalue weighted by Gasteiger charge is 2.24. The van der Waals surface area contributed by atoms with Gasteiger partial charge >= 0.3 is 0 Å². The Hall–Kier alpha value is -1.75. The highest BCUT2D eigenvalue weighted by molar-refractivity contribution is 7.09. The van der Waals surface area contributed by atoms with E-state index in [-0.39, 0.29) is 5.54 Å². The molecule has 0 saturated carbocycles. The van der Waals surface area contributed by atoms with Gasteiger partial charge < -0.3 is 15.8 Å². The topological polar surface area (TPSA) is 60.2 Å². The van der Waals surface area contributed by atoms with E-state index in [9.17, 15) is 0 Å². The van der Waals surface area contributed by atoms with E-state index in [0.717, 1.165) is 22.9 Å². The van der Waals surface area contributed by atoms with Crippen LogP contribution in [0.25, 0.3) is 0 Å². The maximum absolute atomic E-state index is 6.18. The second-order valence-electron chi connectivity index (χ2n) is 5.15. The highest BCUT2D eigenvalue weighted by Crippen LogP contribution is 2.34. The number of benzene rings is 1. The summed E-state index contributed by atoms with van der Waals surface area (Å²) >= 11 is 1.63. The second-order valence-corrected chi connectivity index (χ2v) is 6.05. The average Bonchev–Trinajstić information content (AvgIpc) is 2.94. The van der Waals surface area contributed by atoms with E-state index in [1.807, 2.05) is 29.8 Å². The van der Waals surface area contributed by atoms with E-state index >= 15 is 0 Å². The molecule has 0 atom stereocenters. The lowest BCUT2D eigenvalue weighted by atomic mass is 10.1. The fourth-order valence-corrected chi connectivity index (χ4v) is 2.63. The number of ether oxygens (including phenoxy) is 1. The van der Waals surface area contributed by atoms with Gasteiger partial charge in [0.2, 0.25) is 0 Å². The zero-order chi connectivity index (χ0) is 14.6. The molecule has 0 saturated heterocycles. The van der Waals surface area contributed by atoms with E-state index in [4.69, 9.17) is 10.5 Å². The summed E-state index contributed by atoms with van der Waals surface area (Å²) in [6.07, 6.45) is 2.77. The van der Waals surface area contributed by atoms with E-state index in [2.05, 4.69) is 31.1 Å². The lowest BCUT2D eigenvalue weighted by molar-refractivity contribution is 0.319. The van der Waals surface area contributed by atoms with Crippen LogP contribution in [0, 0.1) is 0 Å². The van der Waals surface area contributed by atoms with Gasteiger partial charge in [0.1, 0.15) is 10.8 Å². The second kappa shape index (κ2) is 6.13. The van der Waals surface area contributed by atoms with E-state index in [1.165, 1.54) is 0 Å². The Balaban J connectivity index is 2.21. The lowest BCUT2D eigenvalue weighted by Crippen LogP contribution is -2.28. The molecular weight excluding hydrogens is 270 g/mol. The number of thiazole rings is 1. The first-order valence-electron chi connectivity index (χ1n) is 6.74. The summed E-state index contributed by atoms with van der Waals surface area (Å²) in [4.78, 5) is 4.37. The summed E-state index contributed by atoms with van der Waals surface area (Å²) in [5, 5.41) is 6.45. The number of nitrogens with one attached hydrogen (secondary N) is 1. The van der Waals surface area contributed by atoms with E-state index in [0.29, 0.717) is 12.3 Å². The number of nitrogen functional groups attached to an aromatic ring is 1. The van der Waals surface area contributed by atoms with Crippen molar-refractivity contribution in [2.24, 2.45) is 0 Å². The fraction of sp³-hybridized carbons (Fsp3) is 0.400. The quantitative estimate of drug-likeness (QED) is 0.793. The van der Waals surface area contributed by atoms with Crippen LogP contribution in [0.4, 0.5) is 11.4 Å². The van der Waals surface area contributed by atoms with Crippen molar-refractivity contribution >= 4 is 22.7 Å². The fourth-order valence-electron chi connectivity index (χ4n) is 1.91. The van der Waals surface area contributed by atoms with Crippen LogP contribution in [0.3, 0.4) is 0 Å². The van der Waals surface area contributed by atoms with Crippen molar-refractivity contribution in [1.29, 1.82) is 0 Å². The van der Waals surface area contributed by atoms with Gasteiger partial charge in [-0.2, -0.15) is 0 Å². The minimum absolute atomic E-state index is 0.272. The van der Waals surface area contributed by atoms with Crippen LogP contribution in [0.15, 0.2) is 29.8 Å². The molecule has 5 heteroatoms. The third-order valence-corrected chi connectivity index (χ3v) is 4.04. The van der Waals surface area contributed by atoms with Crippen molar-refractivity contribution in [2.75, 3.05) is 17.7 Å². The maximum Gasteiger partial charge on any atom is 0.144 e. The maximum atomic E-state index is 6.18. The van der Waals surface area contributed by atoms with Gasteiger partial charge in [-0.1, -0.05) is 13.0 Å². The monoisotopic (exact) mass is 291 g/mol. The van der Waals surface area contributed by atoms with Gasteiger partial charge in [-0.3, -0.25) is 0 Å². The first-order valence-corrected chi connectivity index (χ1v) is 7.62. The van der Waals surface area contributed by atoms with Gasteiger partial charge in [0, 0.05) is 11.6 Å². The van der Waals surface area contributed by atoms with Crippen molar-refractivity contribution < 1.29 is 4.74 Å². The first kappa shape index (κ1) is 14.7. The van der Waals surface area contributed by atoms with Crippen LogP contribution >= 0.6 is 11.3 Å². The third kappa shape index (κ3) is 3.22. The van der Waals surface area contributed by atoms with E-state index in [1.54, 1.807) is 11.3 Å². The molecule has 0 unspecified atom stereocenters. The van der Waals surface area contributed by atoms with Gasteiger partial charge in [-0.05, 0) is 32.4 Å². The number of rotatable bonds is 6. The van der Waals surface area contributed by atoms with Crippen LogP contribution in [0.5, 0.6) is 5.75 Å². The standard InChI is InChI=1S/C15H21N3OS/c1-4-9-19-12-7-5-6-11(13(12)16)18-15(2,3)14-17-8-10-20-14/h5-8,10,18H,4,9,16H2,1-3H3. The van der Waals surface area contributed by atoms with Crippen LogP contribution < -0.4 is 15.8 Å². The van der Waals surface area contributed by atoms with Gasteiger partial charge in [0.15, 0.2) is 0 Å². The van der Waals surface area contributed by atoms with Crippen molar-refractivity contribution in [2.45, 2.75) is 32.7 Å². The molecule has 0 aliphatic carbocycles. The Morgan fingerprint density at radius 1 is 1.40 bits per heavy atom. The molecule has 0 bridgehead atoms. The lowest BCUT2D eigenvalue weighted by Gasteiger charge is -2.26. The zero-order valence-electron chi connectivity index (χ0n) is 12.1. The molecule has 0 aliphatic rings. The molecule has 1 heterocycles. The number of hydrogen-bond donors (Lipinski definition) is 2.